The number of amides is 2. The summed E-state index contributed by atoms with van der Waals surface area (Å²) in [7, 11) is 0. The SMILES string of the molecule is O=C(COC(=O)CNC(=O)c1ccc(F)cc1)Nc1ccc2c(c1)OCCO2. The average molecular weight is 388 g/mol. The first-order valence-corrected chi connectivity index (χ1v) is 8.40. The van der Waals surface area contributed by atoms with Crippen molar-refractivity contribution in [2.45, 2.75) is 0 Å². The van der Waals surface area contributed by atoms with Crippen LogP contribution in [-0.4, -0.2) is 44.1 Å². The number of carbonyl (C=O) groups excluding carboxylic acids is 3. The molecule has 9 heteroatoms. The Labute approximate surface area is 159 Å². The van der Waals surface area contributed by atoms with E-state index in [0.717, 1.165) is 12.1 Å². The van der Waals surface area contributed by atoms with Gasteiger partial charge in [-0.1, -0.05) is 0 Å². The van der Waals surface area contributed by atoms with E-state index in [1.807, 2.05) is 0 Å². The summed E-state index contributed by atoms with van der Waals surface area (Å²) in [6.07, 6.45) is 0. The summed E-state index contributed by atoms with van der Waals surface area (Å²) < 4.78 is 28.4. The fraction of sp³-hybridized carbons (Fsp3) is 0.211. The summed E-state index contributed by atoms with van der Waals surface area (Å²) in [5.41, 5.74) is 0.667. The number of halogens is 1. The molecule has 2 aromatic carbocycles. The molecule has 146 valence electrons. The number of benzene rings is 2. The summed E-state index contributed by atoms with van der Waals surface area (Å²) in [6, 6.07) is 9.76. The van der Waals surface area contributed by atoms with Crippen molar-refractivity contribution in [1.29, 1.82) is 0 Å². The Balaban J connectivity index is 1.41. The van der Waals surface area contributed by atoms with E-state index < -0.39 is 36.8 Å². The molecule has 0 aliphatic carbocycles. The van der Waals surface area contributed by atoms with E-state index in [9.17, 15) is 18.8 Å². The molecule has 0 atom stereocenters. The quantitative estimate of drug-likeness (QED) is 0.728. The van der Waals surface area contributed by atoms with Crippen LogP contribution in [0.4, 0.5) is 10.1 Å². The predicted octanol–water partition coefficient (Wildman–Crippen LogP) is 1.51. The van der Waals surface area contributed by atoms with Crippen molar-refractivity contribution in [2.24, 2.45) is 0 Å². The fourth-order valence-electron chi connectivity index (χ4n) is 2.37. The van der Waals surface area contributed by atoms with Crippen molar-refractivity contribution in [3.8, 4) is 11.5 Å². The highest BCUT2D eigenvalue weighted by atomic mass is 19.1. The Bertz CT molecular complexity index is 884. The van der Waals surface area contributed by atoms with Crippen molar-refractivity contribution >= 4 is 23.5 Å². The summed E-state index contributed by atoms with van der Waals surface area (Å²) in [6.45, 7) is -0.0504. The van der Waals surface area contributed by atoms with Gasteiger partial charge in [-0.3, -0.25) is 14.4 Å². The van der Waals surface area contributed by atoms with Crippen molar-refractivity contribution < 1.29 is 33.0 Å². The van der Waals surface area contributed by atoms with E-state index in [1.54, 1.807) is 18.2 Å². The van der Waals surface area contributed by atoms with Gasteiger partial charge in [-0.25, -0.2) is 4.39 Å². The lowest BCUT2D eigenvalue weighted by atomic mass is 10.2. The van der Waals surface area contributed by atoms with Gasteiger partial charge < -0.3 is 24.8 Å². The van der Waals surface area contributed by atoms with E-state index >= 15 is 0 Å². The Morgan fingerprint density at radius 1 is 1.00 bits per heavy atom. The molecule has 0 saturated heterocycles. The van der Waals surface area contributed by atoms with Crippen molar-refractivity contribution in [3.63, 3.8) is 0 Å². The summed E-state index contributed by atoms with van der Waals surface area (Å²) in [5, 5.41) is 4.90. The molecular weight excluding hydrogens is 371 g/mol. The Hall–Kier alpha value is -3.62. The van der Waals surface area contributed by atoms with E-state index in [-0.39, 0.29) is 5.56 Å². The highest BCUT2D eigenvalue weighted by molar-refractivity contribution is 5.96. The normalized spacial score (nSPS) is 12.0. The number of hydrogen-bond donors (Lipinski definition) is 2. The van der Waals surface area contributed by atoms with Gasteiger partial charge in [0.2, 0.25) is 0 Å². The smallest absolute Gasteiger partial charge is 0.325 e. The van der Waals surface area contributed by atoms with Crippen molar-refractivity contribution in [1.82, 2.24) is 5.32 Å². The maximum Gasteiger partial charge on any atom is 0.325 e. The fourth-order valence-corrected chi connectivity index (χ4v) is 2.37. The number of carbonyl (C=O) groups is 3. The van der Waals surface area contributed by atoms with Gasteiger partial charge in [0.25, 0.3) is 11.8 Å². The van der Waals surface area contributed by atoms with Crippen molar-refractivity contribution in [3.05, 3.63) is 53.8 Å². The molecule has 0 radical (unpaired) electrons. The molecule has 0 spiro atoms. The van der Waals surface area contributed by atoms with Crippen LogP contribution in [0.1, 0.15) is 10.4 Å². The van der Waals surface area contributed by atoms with Crippen LogP contribution in [-0.2, 0) is 14.3 Å². The zero-order chi connectivity index (χ0) is 19.9. The molecule has 2 amide bonds. The highest BCUT2D eigenvalue weighted by Crippen LogP contribution is 2.32. The van der Waals surface area contributed by atoms with Gasteiger partial charge in [-0.15, -0.1) is 0 Å². The number of nitrogens with one attached hydrogen (secondary N) is 2. The Morgan fingerprint density at radius 2 is 1.71 bits per heavy atom. The van der Waals surface area contributed by atoms with Crippen LogP contribution in [0.5, 0.6) is 11.5 Å². The van der Waals surface area contributed by atoms with Crippen LogP contribution < -0.4 is 20.1 Å². The molecule has 2 aromatic rings. The zero-order valence-corrected chi connectivity index (χ0v) is 14.7. The standard InChI is InChI=1S/C19H17FN2O6/c20-13-3-1-12(2-4-13)19(25)21-10-18(24)28-11-17(23)22-14-5-6-15-16(9-14)27-8-7-26-15/h1-6,9H,7-8,10-11H2,(H,21,25)(H,22,23). The third-order valence-corrected chi connectivity index (χ3v) is 3.69. The molecule has 0 aromatic heterocycles. The lowest BCUT2D eigenvalue weighted by molar-refractivity contribution is -0.146. The Kier molecular flexibility index (Phi) is 6.05. The lowest BCUT2D eigenvalue weighted by Gasteiger charge is -2.19. The largest absolute Gasteiger partial charge is 0.486 e. The molecule has 2 N–H and O–H groups in total. The van der Waals surface area contributed by atoms with Crippen LogP contribution in [0.3, 0.4) is 0 Å². The van der Waals surface area contributed by atoms with Crippen LogP contribution >= 0.6 is 0 Å². The van der Waals surface area contributed by atoms with Gasteiger partial charge in [0.15, 0.2) is 18.1 Å². The first-order chi connectivity index (χ1) is 13.5. The molecule has 1 aliphatic heterocycles. The van der Waals surface area contributed by atoms with Gasteiger partial charge >= 0.3 is 5.97 Å². The molecule has 0 unspecified atom stereocenters. The van der Waals surface area contributed by atoms with Crippen LogP contribution in [0.25, 0.3) is 0 Å². The minimum atomic E-state index is -0.784. The van der Waals surface area contributed by atoms with E-state index in [4.69, 9.17) is 14.2 Å². The van der Waals surface area contributed by atoms with Gasteiger partial charge in [-0.2, -0.15) is 0 Å². The molecule has 0 bridgehead atoms. The zero-order valence-electron chi connectivity index (χ0n) is 14.7. The number of ether oxygens (including phenoxy) is 3. The average Bonchev–Trinajstić information content (AvgIpc) is 2.71. The Morgan fingerprint density at radius 3 is 2.46 bits per heavy atom. The summed E-state index contributed by atoms with van der Waals surface area (Å²) in [4.78, 5) is 35.4. The van der Waals surface area contributed by atoms with Gasteiger partial charge in [-0.05, 0) is 36.4 Å². The molecule has 28 heavy (non-hydrogen) atoms. The molecule has 3 rings (SSSR count). The number of hydrogen-bond acceptors (Lipinski definition) is 6. The van der Waals surface area contributed by atoms with Crippen LogP contribution in [0.2, 0.25) is 0 Å². The first kappa shape index (κ1) is 19.2. The molecule has 8 nitrogen and oxygen atoms in total. The number of rotatable bonds is 6. The molecule has 1 aliphatic rings. The minimum absolute atomic E-state index is 0.200. The maximum atomic E-state index is 12.8. The second-order valence-electron chi connectivity index (χ2n) is 5.76. The topological polar surface area (TPSA) is 103 Å². The third kappa shape index (κ3) is 5.19. The van der Waals surface area contributed by atoms with Crippen molar-refractivity contribution in [2.75, 3.05) is 31.7 Å². The molecule has 0 fully saturated rings. The van der Waals surface area contributed by atoms with Gasteiger partial charge in [0, 0.05) is 17.3 Å². The summed E-state index contributed by atoms with van der Waals surface area (Å²) in [5.74, 6) is -1.25. The van der Waals surface area contributed by atoms with E-state index in [0.29, 0.717) is 30.4 Å². The minimum Gasteiger partial charge on any atom is -0.486 e. The number of anilines is 1. The predicted molar refractivity (Wildman–Crippen MR) is 95.8 cm³/mol. The number of fused-ring (bicyclic) bond motifs is 1. The van der Waals surface area contributed by atoms with E-state index in [2.05, 4.69) is 10.6 Å². The van der Waals surface area contributed by atoms with Crippen LogP contribution in [0, 0.1) is 5.82 Å². The third-order valence-electron chi connectivity index (χ3n) is 3.69. The molecule has 1 heterocycles. The number of esters is 1. The first-order valence-electron chi connectivity index (χ1n) is 8.40. The monoisotopic (exact) mass is 388 g/mol. The molecule has 0 saturated carbocycles. The molecular formula is C19H17FN2O6. The summed E-state index contributed by atoms with van der Waals surface area (Å²) >= 11 is 0. The lowest BCUT2D eigenvalue weighted by Crippen LogP contribution is -2.32. The van der Waals surface area contributed by atoms with Crippen LogP contribution in [0.15, 0.2) is 42.5 Å². The van der Waals surface area contributed by atoms with E-state index in [1.165, 1.54) is 12.1 Å². The van der Waals surface area contributed by atoms with Gasteiger partial charge in [0.1, 0.15) is 25.6 Å². The second kappa shape index (κ2) is 8.85. The highest BCUT2D eigenvalue weighted by Gasteiger charge is 2.14. The van der Waals surface area contributed by atoms with Gasteiger partial charge in [0.05, 0.1) is 0 Å². The maximum absolute atomic E-state index is 12.8. The second-order valence-corrected chi connectivity index (χ2v) is 5.76.